The van der Waals surface area contributed by atoms with Crippen LogP contribution in [0.25, 0.3) is 0 Å². The Bertz CT molecular complexity index is 719. The summed E-state index contributed by atoms with van der Waals surface area (Å²) >= 11 is 5.93. The van der Waals surface area contributed by atoms with Gasteiger partial charge in [-0.15, -0.1) is 0 Å². The summed E-state index contributed by atoms with van der Waals surface area (Å²) in [5, 5.41) is 0.308. The fourth-order valence-electron chi connectivity index (χ4n) is 1.96. The zero-order valence-corrected chi connectivity index (χ0v) is 14.5. The summed E-state index contributed by atoms with van der Waals surface area (Å²) in [7, 11) is 0. The molecule has 0 atom stereocenters. The van der Waals surface area contributed by atoms with Gasteiger partial charge in [-0.05, 0) is 43.3 Å². The van der Waals surface area contributed by atoms with E-state index in [0.717, 1.165) is 0 Å². The topological polar surface area (TPSA) is 76.7 Å². The molecule has 2 N–H and O–H groups in total. The Morgan fingerprint density at radius 2 is 1.64 bits per heavy atom. The van der Waals surface area contributed by atoms with E-state index in [2.05, 4.69) is 10.9 Å². The second kappa shape index (κ2) is 9.66. The number of nitrogens with one attached hydrogen (secondary N) is 2. The van der Waals surface area contributed by atoms with Crippen molar-refractivity contribution in [3.05, 3.63) is 64.7 Å². The van der Waals surface area contributed by atoms with Crippen molar-refractivity contribution >= 4 is 23.4 Å². The molecule has 0 aromatic heterocycles. The lowest BCUT2D eigenvalue weighted by Crippen LogP contribution is -2.41. The predicted molar refractivity (Wildman–Crippen MR) is 94.8 cm³/mol. The minimum atomic E-state index is -0.491. The van der Waals surface area contributed by atoms with Gasteiger partial charge in [-0.2, -0.15) is 0 Å². The van der Waals surface area contributed by atoms with Crippen LogP contribution in [0.15, 0.2) is 48.5 Å². The van der Waals surface area contributed by atoms with Gasteiger partial charge in [-0.25, -0.2) is 0 Å². The first-order chi connectivity index (χ1) is 12.1. The molecule has 0 radical (unpaired) electrons. The summed E-state index contributed by atoms with van der Waals surface area (Å²) < 4.78 is 10.6. The molecular weight excluding hydrogens is 344 g/mol. The van der Waals surface area contributed by atoms with Gasteiger partial charge < -0.3 is 9.47 Å². The second-order valence-corrected chi connectivity index (χ2v) is 5.37. The molecule has 0 fully saturated rings. The molecule has 7 heteroatoms. The van der Waals surface area contributed by atoms with Gasteiger partial charge in [0.1, 0.15) is 12.4 Å². The second-order valence-electron chi connectivity index (χ2n) is 4.96. The lowest BCUT2D eigenvalue weighted by molar-refractivity contribution is 0.0846. The molecule has 25 heavy (non-hydrogen) atoms. The average molecular weight is 363 g/mol. The predicted octanol–water partition coefficient (Wildman–Crippen LogP) is 2.83. The van der Waals surface area contributed by atoms with Gasteiger partial charge in [-0.3, -0.25) is 20.4 Å². The van der Waals surface area contributed by atoms with Crippen molar-refractivity contribution in [1.29, 1.82) is 0 Å². The van der Waals surface area contributed by atoms with Crippen molar-refractivity contribution in [2.75, 3.05) is 19.8 Å². The van der Waals surface area contributed by atoms with E-state index in [-0.39, 0.29) is 5.56 Å². The molecule has 0 bridgehead atoms. The Labute approximate surface area is 151 Å². The molecule has 2 aromatic carbocycles. The summed E-state index contributed by atoms with van der Waals surface area (Å²) in [4.78, 5) is 24.0. The van der Waals surface area contributed by atoms with Crippen molar-refractivity contribution in [2.45, 2.75) is 6.92 Å². The molecule has 0 aliphatic rings. The first-order valence-corrected chi connectivity index (χ1v) is 8.15. The number of carbonyl (C=O) groups is 2. The van der Waals surface area contributed by atoms with Crippen LogP contribution in [-0.2, 0) is 4.74 Å². The minimum absolute atomic E-state index is 0.280. The zero-order valence-electron chi connectivity index (χ0n) is 13.8. The number of hydrogen-bond donors (Lipinski definition) is 2. The van der Waals surface area contributed by atoms with Crippen LogP contribution in [0.3, 0.4) is 0 Å². The van der Waals surface area contributed by atoms with Gasteiger partial charge in [0.15, 0.2) is 0 Å². The fourth-order valence-corrected chi connectivity index (χ4v) is 2.19. The molecular formula is C18H19ClN2O4. The van der Waals surface area contributed by atoms with Gasteiger partial charge >= 0.3 is 0 Å². The Morgan fingerprint density at radius 1 is 0.960 bits per heavy atom. The van der Waals surface area contributed by atoms with E-state index >= 15 is 0 Å². The monoisotopic (exact) mass is 362 g/mol. The molecule has 0 aliphatic carbocycles. The number of hydrazine groups is 1. The van der Waals surface area contributed by atoms with E-state index in [4.69, 9.17) is 21.1 Å². The first kappa shape index (κ1) is 18.8. The van der Waals surface area contributed by atoms with Crippen molar-refractivity contribution in [3.8, 4) is 5.75 Å². The van der Waals surface area contributed by atoms with Gasteiger partial charge in [0.05, 0.1) is 17.2 Å². The minimum Gasteiger partial charge on any atom is -0.491 e. The molecule has 6 nitrogen and oxygen atoms in total. The number of hydrogen-bond acceptors (Lipinski definition) is 4. The van der Waals surface area contributed by atoms with Crippen LogP contribution in [0.1, 0.15) is 27.6 Å². The Hall–Kier alpha value is -2.57. The lowest BCUT2D eigenvalue weighted by Gasteiger charge is -2.09. The Balaban J connectivity index is 1.84. The molecule has 0 saturated heterocycles. The summed E-state index contributed by atoms with van der Waals surface area (Å²) in [5.41, 5.74) is 5.34. The van der Waals surface area contributed by atoms with Gasteiger partial charge in [-0.1, -0.05) is 23.7 Å². The third-order valence-electron chi connectivity index (χ3n) is 3.23. The van der Waals surface area contributed by atoms with Crippen molar-refractivity contribution in [1.82, 2.24) is 10.9 Å². The van der Waals surface area contributed by atoms with Crippen LogP contribution in [0.4, 0.5) is 0 Å². The quantitative estimate of drug-likeness (QED) is 0.586. The van der Waals surface area contributed by atoms with E-state index < -0.39 is 11.8 Å². The number of rotatable bonds is 7. The molecule has 0 spiro atoms. The normalized spacial score (nSPS) is 10.2. The number of carbonyl (C=O) groups excluding carboxylic acids is 2. The fraction of sp³-hybridized carbons (Fsp3) is 0.222. The smallest absolute Gasteiger partial charge is 0.271 e. The first-order valence-electron chi connectivity index (χ1n) is 7.77. The molecule has 132 valence electrons. The Morgan fingerprint density at radius 3 is 2.32 bits per heavy atom. The lowest BCUT2D eigenvalue weighted by atomic mass is 10.2. The highest BCUT2D eigenvalue weighted by atomic mass is 35.5. The van der Waals surface area contributed by atoms with Crippen molar-refractivity contribution < 1.29 is 19.1 Å². The molecule has 2 aromatic rings. The van der Waals surface area contributed by atoms with Crippen LogP contribution < -0.4 is 15.6 Å². The van der Waals surface area contributed by atoms with E-state index in [0.29, 0.717) is 36.2 Å². The largest absolute Gasteiger partial charge is 0.491 e. The van der Waals surface area contributed by atoms with E-state index in [1.807, 2.05) is 6.92 Å². The summed E-state index contributed by atoms with van der Waals surface area (Å²) in [6.45, 7) is 3.50. The molecule has 0 heterocycles. The number of ether oxygens (including phenoxy) is 2. The van der Waals surface area contributed by atoms with Crippen LogP contribution in [-0.4, -0.2) is 31.6 Å². The summed E-state index contributed by atoms with van der Waals surface area (Å²) in [6.07, 6.45) is 0. The van der Waals surface area contributed by atoms with E-state index in [1.165, 1.54) is 0 Å². The van der Waals surface area contributed by atoms with Crippen LogP contribution >= 0.6 is 11.6 Å². The zero-order chi connectivity index (χ0) is 18.1. The molecule has 2 amide bonds. The van der Waals surface area contributed by atoms with E-state index in [1.54, 1.807) is 48.5 Å². The standard InChI is InChI=1S/C18H19ClN2O4/c1-2-24-11-12-25-14-9-7-13(8-10-14)17(22)20-21-18(23)15-5-3-4-6-16(15)19/h3-10H,2,11-12H2,1H3,(H,20,22)(H,21,23). The van der Waals surface area contributed by atoms with Gasteiger partial charge in [0, 0.05) is 12.2 Å². The number of halogens is 1. The third kappa shape index (κ3) is 5.77. The average Bonchev–Trinajstić information content (AvgIpc) is 2.64. The van der Waals surface area contributed by atoms with Crippen molar-refractivity contribution in [2.24, 2.45) is 0 Å². The number of benzene rings is 2. The SMILES string of the molecule is CCOCCOc1ccc(C(=O)NNC(=O)c2ccccc2Cl)cc1. The molecule has 2 rings (SSSR count). The molecule has 0 unspecified atom stereocenters. The molecule has 0 aliphatic heterocycles. The van der Waals surface area contributed by atoms with Crippen LogP contribution in [0.5, 0.6) is 5.75 Å². The highest BCUT2D eigenvalue weighted by Gasteiger charge is 2.11. The maximum atomic E-state index is 12.1. The van der Waals surface area contributed by atoms with Crippen LogP contribution in [0, 0.1) is 0 Å². The Kier molecular flexibility index (Phi) is 7.25. The maximum Gasteiger partial charge on any atom is 0.271 e. The third-order valence-corrected chi connectivity index (χ3v) is 3.55. The highest BCUT2D eigenvalue weighted by Crippen LogP contribution is 2.14. The van der Waals surface area contributed by atoms with E-state index in [9.17, 15) is 9.59 Å². The molecule has 0 saturated carbocycles. The summed E-state index contributed by atoms with van der Waals surface area (Å²) in [6, 6.07) is 13.1. The highest BCUT2D eigenvalue weighted by molar-refractivity contribution is 6.33. The van der Waals surface area contributed by atoms with Crippen LogP contribution in [0.2, 0.25) is 5.02 Å². The summed E-state index contributed by atoms with van der Waals surface area (Å²) in [5.74, 6) is -0.299. The van der Waals surface area contributed by atoms with Gasteiger partial charge in [0.2, 0.25) is 0 Å². The van der Waals surface area contributed by atoms with Crippen molar-refractivity contribution in [3.63, 3.8) is 0 Å². The maximum absolute atomic E-state index is 12.1. The van der Waals surface area contributed by atoms with Gasteiger partial charge in [0.25, 0.3) is 11.8 Å². The number of amides is 2.